The number of nitrogens with zero attached hydrogens (tertiary/aromatic N) is 2. The highest BCUT2D eigenvalue weighted by molar-refractivity contribution is 7.90. The fourth-order valence-corrected chi connectivity index (χ4v) is 5.28. The number of amidine groups is 1. The fraction of sp³-hybridized carbons (Fsp3) is 0.381. The van der Waals surface area contributed by atoms with E-state index in [1.807, 2.05) is 17.9 Å². The number of carbonyl (C=O) groups excluding carboxylic acids is 1. The second kappa shape index (κ2) is 7.71. The Morgan fingerprint density at radius 1 is 1.20 bits per heavy atom. The zero-order chi connectivity index (χ0) is 21.5. The van der Waals surface area contributed by atoms with Crippen LogP contribution in [0, 0.1) is 13.8 Å². The van der Waals surface area contributed by atoms with E-state index in [1.165, 1.54) is 6.07 Å². The molecule has 0 unspecified atom stereocenters. The molecule has 1 saturated heterocycles. The van der Waals surface area contributed by atoms with E-state index in [-0.39, 0.29) is 22.6 Å². The Kier molecular flexibility index (Phi) is 5.23. The summed E-state index contributed by atoms with van der Waals surface area (Å²) in [6.45, 7) is 4.37. The maximum absolute atomic E-state index is 12.7. The van der Waals surface area contributed by atoms with E-state index in [1.54, 1.807) is 19.1 Å². The van der Waals surface area contributed by atoms with E-state index in [0.717, 1.165) is 30.5 Å². The molecule has 0 saturated carbocycles. The third-order valence-corrected chi connectivity index (χ3v) is 6.86. The summed E-state index contributed by atoms with van der Waals surface area (Å²) in [4.78, 5) is 29.5. The van der Waals surface area contributed by atoms with Gasteiger partial charge in [0.2, 0.25) is 0 Å². The average molecular weight is 429 g/mol. The number of anilines is 1. The fourth-order valence-electron chi connectivity index (χ4n) is 3.99. The molecule has 0 bridgehead atoms. The number of aryl methyl sites for hydroxylation is 2. The number of hydrogen-bond donors (Lipinski definition) is 2. The molecule has 8 nitrogen and oxygen atoms in total. The lowest BCUT2D eigenvalue weighted by molar-refractivity contribution is 0.0950. The predicted octanol–water partition coefficient (Wildman–Crippen LogP) is 2.40. The van der Waals surface area contributed by atoms with Crippen molar-refractivity contribution in [2.75, 3.05) is 11.4 Å². The topological polar surface area (TPSA) is 112 Å². The van der Waals surface area contributed by atoms with Gasteiger partial charge in [0.05, 0.1) is 5.69 Å². The van der Waals surface area contributed by atoms with Gasteiger partial charge in [-0.2, -0.15) is 8.42 Å². The molecule has 2 aliphatic heterocycles. The Morgan fingerprint density at radius 2 is 2.00 bits per heavy atom. The number of aromatic amines is 1. The minimum Gasteiger partial charge on any atom is -0.348 e. The zero-order valence-corrected chi connectivity index (χ0v) is 17.8. The molecular formula is C21H24N4O4S. The third kappa shape index (κ3) is 3.77. The van der Waals surface area contributed by atoms with E-state index in [2.05, 4.69) is 14.7 Å². The SMILES string of the molecule is Cc1cc(C)c(CNC(=O)c2ccc3c(c2)S(=O)(=O)N=C2CCCCCN23)c(=O)[nH]1. The van der Waals surface area contributed by atoms with Gasteiger partial charge in [-0.3, -0.25) is 9.59 Å². The van der Waals surface area contributed by atoms with Gasteiger partial charge in [-0.15, -0.1) is 4.40 Å². The number of pyridine rings is 1. The molecule has 30 heavy (non-hydrogen) atoms. The van der Waals surface area contributed by atoms with E-state index < -0.39 is 15.9 Å². The summed E-state index contributed by atoms with van der Waals surface area (Å²) in [5.74, 6) is 0.129. The minimum absolute atomic E-state index is 0.0464. The van der Waals surface area contributed by atoms with Crippen LogP contribution in [-0.4, -0.2) is 31.7 Å². The van der Waals surface area contributed by atoms with Gasteiger partial charge in [-0.05, 0) is 56.5 Å². The summed E-state index contributed by atoms with van der Waals surface area (Å²) in [6.07, 6.45) is 3.54. The van der Waals surface area contributed by atoms with Crippen LogP contribution in [-0.2, 0) is 16.6 Å². The number of aromatic nitrogens is 1. The highest BCUT2D eigenvalue weighted by Crippen LogP contribution is 2.34. The third-order valence-electron chi connectivity index (χ3n) is 5.53. The lowest BCUT2D eigenvalue weighted by Gasteiger charge is -2.29. The number of sulfonamides is 1. The van der Waals surface area contributed by atoms with Gasteiger partial charge in [0.1, 0.15) is 10.7 Å². The molecule has 1 aromatic heterocycles. The van der Waals surface area contributed by atoms with Crippen LogP contribution < -0.4 is 15.8 Å². The molecule has 0 atom stereocenters. The monoisotopic (exact) mass is 428 g/mol. The van der Waals surface area contributed by atoms with Crippen LogP contribution in [0.4, 0.5) is 5.69 Å². The van der Waals surface area contributed by atoms with Crippen molar-refractivity contribution in [2.24, 2.45) is 4.40 Å². The van der Waals surface area contributed by atoms with Gasteiger partial charge in [0.15, 0.2) is 0 Å². The van der Waals surface area contributed by atoms with Crippen molar-refractivity contribution in [1.29, 1.82) is 0 Å². The van der Waals surface area contributed by atoms with Crippen molar-refractivity contribution in [3.63, 3.8) is 0 Å². The van der Waals surface area contributed by atoms with Crippen LogP contribution >= 0.6 is 0 Å². The Bertz CT molecular complexity index is 1210. The van der Waals surface area contributed by atoms with E-state index in [4.69, 9.17) is 0 Å². The lowest BCUT2D eigenvalue weighted by Crippen LogP contribution is -2.35. The van der Waals surface area contributed by atoms with Crippen molar-refractivity contribution < 1.29 is 13.2 Å². The molecule has 0 radical (unpaired) electrons. The summed E-state index contributed by atoms with van der Waals surface area (Å²) < 4.78 is 29.4. The Labute approximate surface area is 175 Å². The number of rotatable bonds is 3. The minimum atomic E-state index is -3.86. The first-order chi connectivity index (χ1) is 14.3. The van der Waals surface area contributed by atoms with Gasteiger partial charge in [0.25, 0.3) is 21.5 Å². The first kappa shape index (κ1) is 20.3. The molecule has 3 heterocycles. The molecule has 1 amide bonds. The van der Waals surface area contributed by atoms with Gasteiger partial charge in [0, 0.05) is 36.3 Å². The predicted molar refractivity (Wildman–Crippen MR) is 115 cm³/mol. The van der Waals surface area contributed by atoms with Crippen molar-refractivity contribution in [3.8, 4) is 0 Å². The molecule has 0 aliphatic carbocycles. The summed E-state index contributed by atoms with van der Waals surface area (Å²) in [5, 5.41) is 2.71. The molecule has 2 N–H and O–H groups in total. The van der Waals surface area contributed by atoms with Crippen molar-refractivity contribution in [2.45, 2.75) is 51.0 Å². The maximum Gasteiger partial charge on any atom is 0.286 e. The van der Waals surface area contributed by atoms with Crippen LogP contribution in [0.5, 0.6) is 0 Å². The molecule has 1 fully saturated rings. The maximum atomic E-state index is 12.7. The summed E-state index contributed by atoms with van der Waals surface area (Å²) in [5.41, 5.74) is 2.55. The number of fused-ring (bicyclic) bond motifs is 3. The Balaban J connectivity index is 1.61. The van der Waals surface area contributed by atoms with Gasteiger partial charge in [-0.25, -0.2) is 0 Å². The largest absolute Gasteiger partial charge is 0.348 e. The summed E-state index contributed by atoms with van der Waals surface area (Å²) in [7, 11) is -3.86. The number of H-pyrrole nitrogens is 1. The van der Waals surface area contributed by atoms with E-state index in [0.29, 0.717) is 30.1 Å². The molecule has 0 spiro atoms. The van der Waals surface area contributed by atoms with E-state index >= 15 is 0 Å². The van der Waals surface area contributed by atoms with Gasteiger partial charge < -0.3 is 15.2 Å². The van der Waals surface area contributed by atoms with Crippen LogP contribution in [0.1, 0.15) is 52.9 Å². The van der Waals surface area contributed by atoms with Crippen LogP contribution in [0.2, 0.25) is 0 Å². The van der Waals surface area contributed by atoms with Crippen LogP contribution in [0.25, 0.3) is 0 Å². The van der Waals surface area contributed by atoms with Gasteiger partial charge in [-0.1, -0.05) is 6.42 Å². The molecular weight excluding hydrogens is 404 g/mol. The Hall–Kier alpha value is -2.94. The normalized spacial score (nSPS) is 17.4. The standard InChI is InChI=1S/C21H24N4O4S/c1-13-10-14(2)23-21(27)16(13)12-22-20(26)15-7-8-17-18(11-15)30(28,29)24-19-6-4-3-5-9-25(17)19/h7-8,10-11H,3-6,9,12H2,1-2H3,(H,22,26)(H,23,27). The highest BCUT2D eigenvalue weighted by atomic mass is 32.2. The smallest absolute Gasteiger partial charge is 0.286 e. The van der Waals surface area contributed by atoms with Crippen LogP contribution in [0.15, 0.2) is 38.4 Å². The summed E-state index contributed by atoms with van der Waals surface area (Å²) >= 11 is 0. The van der Waals surface area contributed by atoms with Crippen molar-refractivity contribution in [1.82, 2.24) is 10.3 Å². The molecule has 158 valence electrons. The number of amides is 1. The van der Waals surface area contributed by atoms with Gasteiger partial charge >= 0.3 is 0 Å². The Morgan fingerprint density at radius 3 is 2.77 bits per heavy atom. The quantitative estimate of drug-likeness (QED) is 0.780. The highest BCUT2D eigenvalue weighted by Gasteiger charge is 2.32. The second-order valence-electron chi connectivity index (χ2n) is 7.75. The molecule has 2 aliphatic rings. The first-order valence-corrected chi connectivity index (χ1v) is 11.4. The summed E-state index contributed by atoms with van der Waals surface area (Å²) in [6, 6.07) is 6.50. The second-order valence-corrected chi connectivity index (χ2v) is 9.33. The zero-order valence-electron chi connectivity index (χ0n) is 17.0. The molecule has 1 aromatic carbocycles. The first-order valence-electron chi connectivity index (χ1n) is 9.99. The van der Waals surface area contributed by atoms with Crippen LogP contribution in [0.3, 0.4) is 0 Å². The number of nitrogens with one attached hydrogen (secondary N) is 2. The van der Waals surface area contributed by atoms with E-state index in [9.17, 15) is 18.0 Å². The van der Waals surface area contributed by atoms with Crippen molar-refractivity contribution >= 4 is 27.5 Å². The molecule has 2 aromatic rings. The average Bonchev–Trinajstić information content (AvgIpc) is 2.91. The van der Waals surface area contributed by atoms with Crippen molar-refractivity contribution in [3.05, 3.63) is 57.0 Å². The number of benzene rings is 1. The molecule has 4 rings (SSSR count). The number of hydrogen-bond acceptors (Lipinski definition) is 5. The number of carbonyl (C=O) groups is 1. The lowest BCUT2D eigenvalue weighted by atomic mass is 10.1. The molecule has 9 heteroatoms.